The van der Waals surface area contributed by atoms with Crippen molar-refractivity contribution in [2.45, 2.75) is 31.4 Å². The Balaban J connectivity index is 1.98. The van der Waals surface area contributed by atoms with E-state index in [2.05, 4.69) is 30.1 Å². The fourth-order valence-electron chi connectivity index (χ4n) is 2.69. The number of nitrogens with zero attached hydrogens (tertiary/aromatic N) is 1. The van der Waals surface area contributed by atoms with Gasteiger partial charge >= 0.3 is 0 Å². The molecule has 0 bridgehead atoms. The first kappa shape index (κ1) is 11.6. The SMILES string of the molecule is CC1(C(N)c2ccc3ncccc3c2)CCCO1. The Morgan fingerprint density at radius 2 is 2.28 bits per heavy atom. The molecule has 0 spiro atoms. The normalized spacial score (nSPS) is 25.4. The first-order chi connectivity index (χ1) is 8.69. The summed E-state index contributed by atoms with van der Waals surface area (Å²) in [5.41, 5.74) is 8.28. The van der Waals surface area contributed by atoms with Crippen LogP contribution in [0.1, 0.15) is 31.4 Å². The lowest BCUT2D eigenvalue weighted by molar-refractivity contribution is -0.00170. The van der Waals surface area contributed by atoms with Crippen LogP contribution in [0.3, 0.4) is 0 Å². The number of fused-ring (bicyclic) bond motifs is 1. The maximum Gasteiger partial charge on any atom is 0.0847 e. The van der Waals surface area contributed by atoms with E-state index in [1.807, 2.05) is 18.3 Å². The van der Waals surface area contributed by atoms with Gasteiger partial charge in [0.2, 0.25) is 0 Å². The number of rotatable bonds is 2. The quantitative estimate of drug-likeness (QED) is 0.881. The number of hydrogen-bond donors (Lipinski definition) is 1. The molecule has 2 unspecified atom stereocenters. The van der Waals surface area contributed by atoms with E-state index < -0.39 is 0 Å². The number of nitrogens with two attached hydrogens (primary N) is 1. The van der Waals surface area contributed by atoms with Gasteiger partial charge in [-0.1, -0.05) is 12.1 Å². The molecule has 1 saturated heterocycles. The molecule has 1 aromatic heterocycles. The molecule has 1 fully saturated rings. The summed E-state index contributed by atoms with van der Waals surface area (Å²) in [6.07, 6.45) is 3.93. The second-order valence-electron chi connectivity index (χ2n) is 5.20. The van der Waals surface area contributed by atoms with E-state index in [0.717, 1.165) is 35.9 Å². The second kappa shape index (κ2) is 4.34. The number of benzene rings is 1. The van der Waals surface area contributed by atoms with Gasteiger partial charge in [0.15, 0.2) is 0 Å². The van der Waals surface area contributed by atoms with Crippen molar-refractivity contribution in [1.82, 2.24) is 4.98 Å². The van der Waals surface area contributed by atoms with Gasteiger partial charge in [-0.2, -0.15) is 0 Å². The van der Waals surface area contributed by atoms with E-state index in [1.165, 1.54) is 0 Å². The lowest BCUT2D eigenvalue weighted by Crippen LogP contribution is -2.37. The lowest BCUT2D eigenvalue weighted by Gasteiger charge is -2.30. The third-order valence-electron chi connectivity index (χ3n) is 3.89. The van der Waals surface area contributed by atoms with Gasteiger partial charge in [0.25, 0.3) is 0 Å². The summed E-state index contributed by atoms with van der Waals surface area (Å²) in [4.78, 5) is 4.32. The van der Waals surface area contributed by atoms with Crippen LogP contribution in [0, 0.1) is 0 Å². The van der Waals surface area contributed by atoms with Crippen molar-refractivity contribution in [1.29, 1.82) is 0 Å². The molecule has 0 saturated carbocycles. The van der Waals surface area contributed by atoms with Crippen molar-refractivity contribution in [3.05, 3.63) is 42.1 Å². The minimum absolute atomic E-state index is 0.0791. The summed E-state index contributed by atoms with van der Waals surface area (Å²) < 4.78 is 5.83. The van der Waals surface area contributed by atoms with Crippen molar-refractivity contribution in [2.75, 3.05) is 6.61 Å². The summed E-state index contributed by atoms with van der Waals surface area (Å²) >= 11 is 0. The second-order valence-corrected chi connectivity index (χ2v) is 5.20. The molecular formula is C15H18N2O. The molecule has 2 N–H and O–H groups in total. The molecule has 1 aliphatic rings. The van der Waals surface area contributed by atoms with Crippen LogP contribution in [0.2, 0.25) is 0 Å². The smallest absolute Gasteiger partial charge is 0.0847 e. The average molecular weight is 242 g/mol. The van der Waals surface area contributed by atoms with E-state index in [4.69, 9.17) is 10.5 Å². The molecule has 0 radical (unpaired) electrons. The molecule has 3 nitrogen and oxygen atoms in total. The minimum Gasteiger partial charge on any atom is -0.373 e. The molecule has 0 aliphatic carbocycles. The zero-order chi connectivity index (χ0) is 12.6. The molecule has 1 aromatic carbocycles. The molecule has 2 heterocycles. The number of hydrogen-bond acceptors (Lipinski definition) is 3. The van der Waals surface area contributed by atoms with E-state index in [0.29, 0.717) is 0 Å². The van der Waals surface area contributed by atoms with Gasteiger partial charge in [0.1, 0.15) is 0 Å². The predicted molar refractivity (Wildman–Crippen MR) is 72.3 cm³/mol. The van der Waals surface area contributed by atoms with E-state index in [9.17, 15) is 0 Å². The van der Waals surface area contributed by atoms with Crippen LogP contribution in [-0.4, -0.2) is 17.2 Å². The Labute approximate surface area is 107 Å². The van der Waals surface area contributed by atoms with Crippen molar-refractivity contribution in [3.8, 4) is 0 Å². The molecule has 2 atom stereocenters. The molecule has 18 heavy (non-hydrogen) atoms. The maximum absolute atomic E-state index is 6.38. The van der Waals surface area contributed by atoms with Crippen LogP contribution in [0.15, 0.2) is 36.5 Å². The molecule has 94 valence electrons. The number of aromatic nitrogens is 1. The first-order valence-electron chi connectivity index (χ1n) is 6.43. The van der Waals surface area contributed by atoms with Gasteiger partial charge in [0.05, 0.1) is 17.2 Å². The van der Waals surface area contributed by atoms with Gasteiger partial charge in [-0.25, -0.2) is 0 Å². The van der Waals surface area contributed by atoms with Gasteiger partial charge in [-0.3, -0.25) is 4.98 Å². The Morgan fingerprint density at radius 1 is 1.39 bits per heavy atom. The zero-order valence-electron chi connectivity index (χ0n) is 10.6. The Morgan fingerprint density at radius 3 is 3.06 bits per heavy atom. The van der Waals surface area contributed by atoms with Gasteiger partial charge in [-0.15, -0.1) is 0 Å². The van der Waals surface area contributed by atoms with Crippen LogP contribution in [-0.2, 0) is 4.74 Å². The molecule has 2 aromatic rings. The van der Waals surface area contributed by atoms with Crippen LogP contribution in [0.4, 0.5) is 0 Å². The number of ether oxygens (including phenoxy) is 1. The van der Waals surface area contributed by atoms with Crippen molar-refractivity contribution < 1.29 is 4.74 Å². The molecule has 3 heteroatoms. The Bertz CT molecular complexity index is 561. The Hall–Kier alpha value is -1.45. The summed E-state index contributed by atoms with van der Waals surface area (Å²) in [6.45, 7) is 2.93. The standard InChI is InChI=1S/C15H18N2O/c1-15(7-3-9-18-15)14(16)12-5-6-13-11(10-12)4-2-8-17-13/h2,4-6,8,10,14H,3,7,9,16H2,1H3. The highest BCUT2D eigenvalue weighted by atomic mass is 16.5. The van der Waals surface area contributed by atoms with Crippen LogP contribution in [0.5, 0.6) is 0 Å². The molecule has 1 aliphatic heterocycles. The topological polar surface area (TPSA) is 48.1 Å². The van der Waals surface area contributed by atoms with Gasteiger partial charge < -0.3 is 10.5 Å². The van der Waals surface area contributed by atoms with Crippen molar-refractivity contribution in [3.63, 3.8) is 0 Å². The third-order valence-corrected chi connectivity index (χ3v) is 3.89. The summed E-state index contributed by atoms with van der Waals surface area (Å²) in [5.74, 6) is 0. The minimum atomic E-state index is -0.226. The lowest BCUT2D eigenvalue weighted by atomic mass is 9.88. The average Bonchev–Trinajstić information content (AvgIpc) is 2.85. The fourth-order valence-corrected chi connectivity index (χ4v) is 2.69. The van der Waals surface area contributed by atoms with Crippen LogP contribution in [0.25, 0.3) is 10.9 Å². The largest absolute Gasteiger partial charge is 0.373 e. The van der Waals surface area contributed by atoms with Gasteiger partial charge in [-0.05, 0) is 43.5 Å². The van der Waals surface area contributed by atoms with Crippen molar-refractivity contribution >= 4 is 10.9 Å². The monoisotopic (exact) mass is 242 g/mol. The van der Waals surface area contributed by atoms with Crippen LogP contribution >= 0.6 is 0 Å². The first-order valence-corrected chi connectivity index (χ1v) is 6.43. The highest BCUT2D eigenvalue weighted by Crippen LogP contribution is 2.36. The molecule has 0 amide bonds. The number of pyridine rings is 1. The van der Waals surface area contributed by atoms with E-state index >= 15 is 0 Å². The Kier molecular flexibility index (Phi) is 2.80. The molecule has 3 rings (SSSR count). The summed E-state index contributed by atoms with van der Waals surface area (Å²) in [7, 11) is 0. The van der Waals surface area contributed by atoms with E-state index in [1.54, 1.807) is 0 Å². The molecular weight excluding hydrogens is 224 g/mol. The highest BCUT2D eigenvalue weighted by Gasteiger charge is 2.37. The third kappa shape index (κ3) is 1.89. The van der Waals surface area contributed by atoms with E-state index in [-0.39, 0.29) is 11.6 Å². The van der Waals surface area contributed by atoms with Crippen molar-refractivity contribution in [2.24, 2.45) is 5.73 Å². The maximum atomic E-state index is 6.38. The highest BCUT2D eigenvalue weighted by molar-refractivity contribution is 5.79. The van der Waals surface area contributed by atoms with Crippen LogP contribution < -0.4 is 5.73 Å². The fraction of sp³-hybridized carbons (Fsp3) is 0.400. The van der Waals surface area contributed by atoms with Gasteiger partial charge in [0, 0.05) is 18.2 Å². The zero-order valence-corrected chi connectivity index (χ0v) is 10.6. The summed E-state index contributed by atoms with van der Waals surface area (Å²) in [5, 5.41) is 1.13. The summed E-state index contributed by atoms with van der Waals surface area (Å²) in [6, 6.07) is 10.2. The predicted octanol–water partition coefficient (Wildman–Crippen LogP) is 2.80.